The zero-order chi connectivity index (χ0) is 17.7. The Bertz CT molecular complexity index is 563. The average Bonchev–Trinajstić information content (AvgIpc) is 2.51. The molecule has 1 saturated heterocycles. The summed E-state index contributed by atoms with van der Waals surface area (Å²) in [5.74, 6) is -1.33. The highest BCUT2D eigenvalue weighted by atomic mass is 19.1. The molecule has 1 aliphatic rings. The highest BCUT2D eigenvalue weighted by Gasteiger charge is 2.49. The van der Waals surface area contributed by atoms with E-state index >= 15 is 0 Å². The van der Waals surface area contributed by atoms with E-state index in [-0.39, 0.29) is 6.61 Å². The normalized spacial score (nSPS) is 29.8. The first-order valence-corrected chi connectivity index (χ1v) is 7.68. The van der Waals surface area contributed by atoms with Crippen molar-refractivity contribution in [1.29, 1.82) is 0 Å². The molecule has 0 unspecified atom stereocenters. The molecule has 0 radical (unpaired) electrons. The number of alkyl halides is 1. The van der Waals surface area contributed by atoms with Gasteiger partial charge in [0.15, 0.2) is 6.10 Å². The molecule has 0 aromatic heterocycles. The number of hydrogen-bond acceptors (Lipinski definition) is 6. The van der Waals surface area contributed by atoms with Gasteiger partial charge < -0.3 is 18.9 Å². The van der Waals surface area contributed by atoms with Crippen molar-refractivity contribution >= 4 is 11.9 Å². The summed E-state index contributed by atoms with van der Waals surface area (Å²) >= 11 is 0. The van der Waals surface area contributed by atoms with E-state index in [2.05, 4.69) is 0 Å². The van der Waals surface area contributed by atoms with Gasteiger partial charge in [-0.25, -0.2) is 4.39 Å². The summed E-state index contributed by atoms with van der Waals surface area (Å²) in [5, 5.41) is 0. The summed E-state index contributed by atoms with van der Waals surface area (Å²) < 4.78 is 35.6. The largest absolute Gasteiger partial charge is 0.456 e. The van der Waals surface area contributed by atoms with E-state index < -0.39 is 42.7 Å². The van der Waals surface area contributed by atoms with Crippen molar-refractivity contribution in [2.75, 3.05) is 0 Å². The fraction of sp³-hybridized carbons (Fsp3) is 0.529. The van der Waals surface area contributed by atoms with Crippen LogP contribution >= 0.6 is 0 Å². The standard InChI is InChI=1S/C17H21FO6/c1-10-15(21-9-13-7-5-4-6-8-13)16(23-11(2)19)14(18)17(22-10)24-12(3)20/h4-8,10,14-17H,9H2,1-3H3/t10-,14+,15+,16-,17-/m0/s1. The first-order valence-electron chi connectivity index (χ1n) is 7.68. The predicted molar refractivity (Wildman–Crippen MR) is 81.6 cm³/mol. The van der Waals surface area contributed by atoms with Crippen molar-refractivity contribution in [3.05, 3.63) is 35.9 Å². The van der Waals surface area contributed by atoms with Gasteiger partial charge in [0.1, 0.15) is 6.10 Å². The van der Waals surface area contributed by atoms with E-state index in [1.807, 2.05) is 30.3 Å². The molecule has 2 rings (SSSR count). The number of carbonyl (C=O) groups is 2. The molecule has 0 saturated carbocycles. The van der Waals surface area contributed by atoms with E-state index in [1.165, 1.54) is 6.92 Å². The molecule has 7 heteroatoms. The lowest BCUT2D eigenvalue weighted by atomic mass is 10.00. The van der Waals surface area contributed by atoms with Gasteiger partial charge in [-0.05, 0) is 12.5 Å². The second-order valence-corrected chi connectivity index (χ2v) is 5.60. The molecular weight excluding hydrogens is 319 g/mol. The highest BCUT2D eigenvalue weighted by molar-refractivity contribution is 5.67. The molecule has 5 atom stereocenters. The van der Waals surface area contributed by atoms with E-state index in [4.69, 9.17) is 18.9 Å². The van der Waals surface area contributed by atoms with Gasteiger partial charge in [0.25, 0.3) is 0 Å². The first-order chi connectivity index (χ1) is 11.4. The predicted octanol–water partition coefficient (Wildman–Crippen LogP) is 2.15. The average molecular weight is 340 g/mol. The second-order valence-electron chi connectivity index (χ2n) is 5.60. The quantitative estimate of drug-likeness (QED) is 0.765. The van der Waals surface area contributed by atoms with Gasteiger partial charge in [-0.3, -0.25) is 9.59 Å². The minimum atomic E-state index is -1.84. The van der Waals surface area contributed by atoms with E-state index in [0.717, 1.165) is 12.5 Å². The molecule has 1 aliphatic heterocycles. The molecule has 1 fully saturated rings. The van der Waals surface area contributed by atoms with Crippen molar-refractivity contribution < 1.29 is 32.9 Å². The lowest BCUT2D eigenvalue weighted by molar-refractivity contribution is -0.281. The summed E-state index contributed by atoms with van der Waals surface area (Å²) in [7, 11) is 0. The maximum absolute atomic E-state index is 14.6. The first kappa shape index (κ1) is 18.4. The summed E-state index contributed by atoms with van der Waals surface area (Å²) in [6.45, 7) is 4.19. The Labute approximate surface area is 139 Å². The van der Waals surface area contributed by atoms with Crippen molar-refractivity contribution in [3.63, 3.8) is 0 Å². The molecule has 6 nitrogen and oxygen atoms in total. The van der Waals surface area contributed by atoms with Gasteiger partial charge in [0, 0.05) is 13.8 Å². The molecule has 24 heavy (non-hydrogen) atoms. The number of benzene rings is 1. The van der Waals surface area contributed by atoms with Crippen LogP contribution < -0.4 is 0 Å². The molecule has 132 valence electrons. The third kappa shape index (κ3) is 4.75. The van der Waals surface area contributed by atoms with Crippen LogP contribution in [0.1, 0.15) is 26.3 Å². The third-order valence-corrected chi connectivity index (χ3v) is 3.58. The zero-order valence-electron chi connectivity index (χ0n) is 13.8. The Kier molecular flexibility index (Phi) is 6.28. The molecule has 1 aromatic carbocycles. The van der Waals surface area contributed by atoms with E-state index in [0.29, 0.717) is 0 Å². The molecule has 1 heterocycles. The van der Waals surface area contributed by atoms with Crippen LogP contribution in [0.4, 0.5) is 4.39 Å². The van der Waals surface area contributed by atoms with E-state index in [9.17, 15) is 14.0 Å². The molecule has 0 amide bonds. The molecule has 0 aliphatic carbocycles. The fourth-order valence-electron chi connectivity index (χ4n) is 2.54. The minimum absolute atomic E-state index is 0.210. The highest BCUT2D eigenvalue weighted by Crippen LogP contribution is 2.29. The van der Waals surface area contributed by atoms with Gasteiger partial charge in [0.2, 0.25) is 12.5 Å². The Morgan fingerprint density at radius 1 is 1.08 bits per heavy atom. The van der Waals surface area contributed by atoms with Crippen LogP contribution in [0.3, 0.4) is 0 Å². The monoisotopic (exact) mass is 340 g/mol. The maximum atomic E-state index is 14.6. The van der Waals surface area contributed by atoms with Crippen LogP contribution in [-0.2, 0) is 35.1 Å². The Hall–Kier alpha value is -1.99. The van der Waals surface area contributed by atoms with Crippen molar-refractivity contribution in [3.8, 4) is 0 Å². The number of halogens is 1. The van der Waals surface area contributed by atoms with Gasteiger partial charge >= 0.3 is 11.9 Å². The summed E-state index contributed by atoms with van der Waals surface area (Å²) in [4.78, 5) is 22.4. The Morgan fingerprint density at radius 3 is 2.29 bits per heavy atom. The lowest BCUT2D eigenvalue weighted by Gasteiger charge is -2.41. The summed E-state index contributed by atoms with van der Waals surface area (Å²) in [6, 6.07) is 9.32. The summed E-state index contributed by atoms with van der Waals surface area (Å²) in [6.07, 6.45) is -5.95. The van der Waals surface area contributed by atoms with Crippen LogP contribution in [-0.4, -0.2) is 42.7 Å². The maximum Gasteiger partial charge on any atom is 0.305 e. The summed E-state index contributed by atoms with van der Waals surface area (Å²) in [5.41, 5.74) is 0.892. The fourth-order valence-corrected chi connectivity index (χ4v) is 2.54. The topological polar surface area (TPSA) is 71.1 Å². The number of ether oxygens (including phenoxy) is 4. The molecule has 1 aromatic rings. The third-order valence-electron chi connectivity index (χ3n) is 3.58. The Balaban J connectivity index is 2.11. The SMILES string of the molecule is CC(=O)O[C@@H]1O[C@@H](C)[C@@H](OCc2ccccc2)[C@@H](OC(C)=O)[C@H]1F. The Morgan fingerprint density at radius 2 is 1.71 bits per heavy atom. The van der Waals surface area contributed by atoms with Gasteiger partial charge in [-0.15, -0.1) is 0 Å². The van der Waals surface area contributed by atoms with Crippen molar-refractivity contribution in [1.82, 2.24) is 0 Å². The molecule has 0 N–H and O–H groups in total. The van der Waals surface area contributed by atoms with Crippen LogP contribution in [0.15, 0.2) is 30.3 Å². The number of esters is 2. The van der Waals surface area contributed by atoms with Gasteiger partial charge in [-0.2, -0.15) is 0 Å². The van der Waals surface area contributed by atoms with Gasteiger partial charge in [-0.1, -0.05) is 30.3 Å². The zero-order valence-corrected chi connectivity index (χ0v) is 13.8. The smallest absolute Gasteiger partial charge is 0.305 e. The lowest BCUT2D eigenvalue weighted by Crippen LogP contribution is -2.58. The molecule has 0 bridgehead atoms. The van der Waals surface area contributed by atoms with Gasteiger partial charge in [0.05, 0.1) is 12.7 Å². The van der Waals surface area contributed by atoms with Crippen LogP contribution in [0.5, 0.6) is 0 Å². The van der Waals surface area contributed by atoms with Crippen LogP contribution in [0, 0.1) is 0 Å². The number of carbonyl (C=O) groups excluding carboxylic acids is 2. The van der Waals surface area contributed by atoms with Crippen molar-refractivity contribution in [2.24, 2.45) is 0 Å². The number of rotatable bonds is 5. The molecular formula is C17H21FO6. The molecule has 0 spiro atoms. The number of hydrogen-bond donors (Lipinski definition) is 0. The van der Waals surface area contributed by atoms with Crippen LogP contribution in [0.2, 0.25) is 0 Å². The van der Waals surface area contributed by atoms with Crippen molar-refractivity contribution in [2.45, 2.75) is 58.2 Å². The second kappa shape index (κ2) is 8.21. The van der Waals surface area contributed by atoms with E-state index in [1.54, 1.807) is 6.92 Å². The van der Waals surface area contributed by atoms with Crippen LogP contribution in [0.25, 0.3) is 0 Å². The minimum Gasteiger partial charge on any atom is -0.456 e.